The Hall–Kier alpha value is -2.84. The number of nitro groups is 1. The Morgan fingerprint density at radius 2 is 1.77 bits per heavy atom. The van der Waals surface area contributed by atoms with Gasteiger partial charge in [-0.1, -0.05) is 12.1 Å². The molecule has 0 radical (unpaired) electrons. The highest BCUT2D eigenvalue weighted by Gasteiger charge is 2.15. The highest BCUT2D eigenvalue weighted by molar-refractivity contribution is 5.65. The number of hydrogen-bond donors (Lipinski definition) is 4. The summed E-state index contributed by atoms with van der Waals surface area (Å²) in [6, 6.07) is 5.15. The van der Waals surface area contributed by atoms with Crippen LogP contribution < -0.4 is 10.6 Å². The van der Waals surface area contributed by atoms with Crippen LogP contribution >= 0.6 is 0 Å². The molecule has 0 aliphatic heterocycles. The first-order chi connectivity index (χ1) is 10.4. The van der Waals surface area contributed by atoms with E-state index in [0.717, 1.165) is 0 Å². The molecule has 9 nitrogen and oxygen atoms in total. The molecule has 0 saturated carbocycles. The van der Waals surface area contributed by atoms with Gasteiger partial charge in [-0.2, -0.15) is 0 Å². The Morgan fingerprint density at radius 1 is 1.14 bits per heavy atom. The largest absolute Gasteiger partial charge is 0.465 e. The SMILES string of the molecule is O=C(O)NCCCCC(NC(=O)O)c1ccc([N+](=O)[O-])cc1. The highest BCUT2D eigenvalue weighted by Crippen LogP contribution is 2.22. The second kappa shape index (κ2) is 8.45. The summed E-state index contributed by atoms with van der Waals surface area (Å²) in [5, 5.41) is 32.5. The van der Waals surface area contributed by atoms with Gasteiger partial charge >= 0.3 is 12.2 Å². The Kier molecular flexibility index (Phi) is 6.61. The molecule has 1 aromatic carbocycles. The molecule has 120 valence electrons. The molecule has 0 aliphatic rings. The number of hydrogen-bond acceptors (Lipinski definition) is 4. The predicted molar refractivity (Wildman–Crippen MR) is 76.9 cm³/mol. The quantitative estimate of drug-likeness (QED) is 0.330. The van der Waals surface area contributed by atoms with E-state index in [1.165, 1.54) is 24.3 Å². The van der Waals surface area contributed by atoms with Gasteiger partial charge in [-0.15, -0.1) is 0 Å². The summed E-state index contributed by atoms with van der Waals surface area (Å²) in [7, 11) is 0. The van der Waals surface area contributed by atoms with Crippen molar-refractivity contribution in [2.45, 2.75) is 25.3 Å². The van der Waals surface area contributed by atoms with Crippen molar-refractivity contribution < 1.29 is 24.7 Å². The Morgan fingerprint density at radius 3 is 2.27 bits per heavy atom. The molecule has 4 N–H and O–H groups in total. The second-order valence-electron chi connectivity index (χ2n) is 4.58. The molecule has 0 fully saturated rings. The Labute approximate surface area is 126 Å². The summed E-state index contributed by atoms with van der Waals surface area (Å²) < 4.78 is 0. The van der Waals surface area contributed by atoms with Gasteiger partial charge in [0.1, 0.15) is 0 Å². The molecule has 0 aromatic heterocycles. The third-order valence-corrected chi connectivity index (χ3v) is 3.00. The summed E-state index contributed by atoms with van der Waals surface area (Å²) in [5.41, 5.74) is 0.558. The maximum absolute atomic E-state index is 10.8. The summed E-state index contributed by atoms with van der Waals surface area (Å²) in [5.74, 6) is 0. The van der Waals surface area contributed by atoms with E-state index < -0.39 is 23.2 Å². The second-order valence-corrected chi connectivity index (χ2v) is 4.58. The van der Waals surface area contributed by atoms with Crippen LogP contribution in [-0.4, -0.2) is 33.9 Å². The van der Waals surface area contributed by atoms with Crippen LogP contribution in [0.1, 0.15) is 30.9 Å². The van der Waals surface area contributed by atoms with Gasteiger partial charge in [-0.25, -0.2) is 9.59 Å². The monoisotopic (exact) mass is 311 g/mol. The lowest BCUT2D eigenvalue weighted by molar-refractivity contribution is -0.384. The molecule has 2 amide bonds. The number of nitrogens with zero attached hydrogens (tertiary/aromatic N) is 1. The topological polar surface area (TPSA) is 142 Å². The zero-order chi connectivity index (χ0) is 16.5. The number of benzene rings is 1. The summed E-state index contributed by atoms with van der Waals surface area (Å²) in [6.07, 6.45) is -0.660. The Bertz CT molecular complexity index is 531. The first kappa shape index (κ1) is 17.2. The van der Waals surface area contributed by atoms with Crippen molar-refractivity contribution >= 4 is 17.9 Å². The van der Waals surface area contributed by atoms with Crippen LogP contribution in [0.25, 0.3) is 0 Å². The fraction of sp³-hybridized carbons (Fsp3) is 0.385. The van der Waals surface area contributed by atoms with Crippen molar-refractivity contribution in [3.05, 3.63) is 39.9 Å². The lowest BCUT2D eigenvalue weighted by Gasteiger charge is -2.17. The molecule has 1 rings (SSSR count). The van der Waals surface area contributed by atoms with Crippen molar-refractivity contribution in [3.8, 4) is 0 Å². The van der Waals surface area contributed by atoms with Crippen LogP contribution in [0, 0.1) is 10.1 Å². The first-order valence-corrected chi connectivity index (χ1v) is 6.60. The lowest BCUT2D eigenvalue weighted by atomic mass is 10.0. The average Bonchev–Trinajstić information content (AvgIpc) is 2.45. The van der Waals surface area contributed by atoms with E-state index in [4.69, 9.17) is 10.2 Å². The fourth-order valence-electron chi connectivity index (χ4n) is 1.97. The standard InChI is InChI=1S/C13H17N3O6/c17-12(18)14-8-2-1-3-11(15-13(19)20)9-4-6-10(7-5-9)16(21)22/h4-7,11,14-15H,1-3,8H2,(H,17,18)(H,19,20). The third-order valence-electron chi connectivity index (χ3n) is 3.00. The molecule has 0 aliphatic carbocycles. The number of amides is 2. The average molecular weight is 311 g/mol. The van der Waals surface area contributed by atoms with E-state index >= 15 is 0 Å². The summed E-state index contributed by atoms with van der Waals surface area (Å²) >= 11 is 0. The van der Waals surface area contributed by atoms with Crippen LogP contribution in [0.5, 0.6) is 0 Å². The van der Waals surface area contributed by atoms with E-state index in [9.17, 15) is 19.7 Å². The zero-order valence-electron chi connectivity index (χ0n) is 11.7. The smallest absolute Gasteiger partial charge is 0.405 e. The summed E-state index contributed by atoms with van der Waals surface area (Å²) in [6.45, 7) is 0.287. The number of rotatable bonds is 8. The minimum atomic E-state index is -1.19. The van der Waals surface area contributed by atoms with E-state index in [1.54, 1.807) is 0 Å². The van der Waals surface area contributed by atoms with Crippen molar-refractivity contribution in [1.29, 1.82) is 0 Å². The molecule has 0 bridgehead atoms. The maximum atomic E-state index is 10.8. The van der Waals surface area contributed by atoms with Gasteiger partial charge in [-0.05, 0) is 24.8 Å². The molecule has 0 heterocycles. The number of carboxylic acid groups (broad SMARTS) is 2. The molecule has 9 heteroatoms. The molecule has 0 saturated heterocycles. The van der Waals surface area contributed by atoms with Gasteiger partial charge in [0, 0.05) is 18.7 Å². The first-order valence-electron chi connectivity index (χ1n) is 6.60. The third kappa shape index (κ3) is 6.07. The van der Waals surface area contributed by atoms with Gasteiger partial charge in [0.2, 0.25) is 0 Å². The zero-order valence-corrected chi connectivity index (χ0v) is 11.7. The maximum Gasteiger partial charge on any atom is 0.405 e. The lowest BCUT2D eigenvalue weighted by Crippen LogP contribution is -2.27. The molecule has 22 heavy (non-hydrogen) atoms. The van der Waals surface area contributed by atoms with E-state index in [0.29, 0.717) is 24.8 Å². The molecule has 1 aromatic rings. The van der Waals surface area contributed by atoms with Gasteiger partial charge < -0.3 is 20.8 Å². The molecule has 1 unspecified atom stereocenters. The minimum Gasteiger partial charge on any atom is -0.465 e. The van der Waals surface area contributed by atoms with Gasteiger partial charge in [0.05, 0.1) is 11.0 Å². The minimum absolute atomic E-state index is 0.0662. The van der Waals surface area contributed by atoms with Crippen molar-refractivity contribution in [3.63, 3.8) is 0 Å². The van der Waals surface area contributed by atoms with Crippen LogP contribution in [0.2, 0.25) is 0 Å². The normalized spacial score (nSPS) is 11.5. The van der Waals surface area contributed by atoms with E-state index in [2.05, 4.69) is 10.6 Å². The number of nitrogens with one attached hydrogen (secondary N) is 2. The van der Waals surface area contributed by atoms with Crippen molar-refractivity contribution in [2.75, 3.05) is 6.54 Å². The number of carbonyl (C=O) groups is 2. The molecular weight excluding hydrogens is 294 g/mol. The number of non-ortho nitro benzene ring substituents is 1. The van der Waals surface area contributed by atoms with Crippen molar-refractivity contribution in [1.82, 2.24) is 10.6 Å². The molecular formula is C13H17N3O6. The van der Waals surface area contributed by atoms with Crippen LogP contribution in [0.15, 0.2) is 24.3 Å². The van der Waals surface area contributed by atoms with Gasteiger partial charge in [0.15, 0.2) is 0 Å². The van der Waals surface area contributed by atoms with Gasteiger partial charge in [0.25, 0.3) is 5.69 Å². The van der Waals surface area contributed by atoms with Crippen LogP contribution in [0.3, 0.4) is 0 Å². The molecule has 0 spiro atoms. The van der Waals surface area contributed by atoms with Crippen molar-refractivity contribution in [2.24, 2.45) is 0 Å². The Balaban J connectivity index is 2.61. The van der Waals surface area contributed by atoms with E-state index in [-0.39, 0.29) is 12.2 Å². The summed E-state index contributed by atoms with van der Waals surface area (Å²) in [4.78, 5) is 31.2. The highest BCUT2D eigenvalue weighted by atomic mass is 16.6. The van der Waals surface area contributed by atoms with E-state index in [1.807, 2.05) is 0 Å². The van der Waals surface area contributed by atoms with Crippen LogP contribution in [0.4, 0.5) is 15.3 Å². The van der Waals surface area contributed by atoms with Gasteiger partial charge in [-0.3, -0.25) is 10.1 Å². The number of unbranched alkanes of at least 4 members (excludes halogenated alkanes) is 1. The molecule has 1 atom stereocenters. The number of nitro benzene ring substituents is 1. The fourth-order valence-corrected chi connectivity index (χ4v) is 1.97. The van der Waals surface area contributed by atoms with Crippen LogP contribution in [-0.2, 0) is 0 Å². The predicted octanol–water partition coefficient (Wildman–Crippen LogP) is 2.34.